The van der Waals surface area contributed by atoms with Crippen molar-refractivity contribution in [1.82, 2.24) is 9.97 Å². The van der Waals surface area contributed by atoms with Gasteiger partial charge in [0.2, 0.25) is 5.95 Å². The minimum atomic E-state index is -4.32. The fraction of sp³-hybridized carbons (Fsp3) is 0.333. The number of anilines is 1. The molecule has 109 valence electrons. The van der Waals surface area contributed by atoms with Crippen LogP contribution in [-0.4, -0.2) is 9.97 Å². The third kappa shape index (κ3) is 3.51. The summed E-state index contributed by atoms with van der Waals surface area (Å²) in [6.07, 6.45) is 0.518. The lowest BCUT2D eigenvalue weighted by molar-refractivity contribution is -0.137. The number of nitrogens with one attached hydrogen (secondary N) is 1. The Balaban J connectivity index is 1.82. The molecule has 1 aromatic carbocycles. The van der Waals surface area contributed by atoms with Crippen LogP contribution >= 0.6 is 0 Å². The van der Waals surface area contributed by atoms with Gasteiger partial charge in [-0.15, -0.1) is 0 Å². The van der Waals surface area contributed by atoms with Crippen molar-refractivity contribution in [2.24, 2.45) is 0 Å². The zero-order valence-electron chi connectivity index (χ0n) is 11.1. The highest BCUT2D eigenvalue weighted by Gasteiger charge is 2.33. The molecule has 0 bridgehead atoms. The van der Waals surface area contributed by atoms with Gasteiger partial charge in [0.05, 0.1) is 5.56 Å². The number of aromatic nitrogens is 2. The molecule has 1 N–H and O–H groups in total. The number of rotatable bonds is 4. The van der Waals surface area contributed by atoms with Gasteiger partial charge in [0, 0.05) is 25.0 Å². The van der Waals surface area contributed by atoms with E-state index >= 15 is 0 Å². The number of hydrogen-bond acceptors (Lipinski definition) is 3. The molecule has 1 heterocycles. The van der Waals surface area contributed by atoms with Gasteiger partial charge >= 0.3 is 6.18 Å². The molecule has 0 unspecified atom stereocenters. The van der Waals surface area contributed by atoms with Crippen LogP contribution in [-0.2, 0) is 12.7 Å². The molecule has 0 atom stereocenters. The minimum absolute atomic E-state index is 0.258. The SMILES string of the molecule is FC(F)(F)c1cc(CNc2nc[c]cn2)cc(C2CC2)c1. The summed E-state index contributed by atoms with van der Waals surface area (Å²) in [6.45, 7) is 0.258. The van der Waals surface area contributed by atoms with Crippen molar-refractivity contribution < 1.29 is 13.2 Å². The van der Waals surface area contributed by atoms with Crippen LogP contribution in [0.2, 0.25) is 0 Å². The molecule has 1 saturated carbocycles. The van der Waals surface area contributed by atoms with Crippen molar-refractivity contribution in [3.8, 4) is 0 Å². The molecule has 0 spiro atoms. The number of benzene rings is 1. The molecule has 2 aromatic rings. The Labute approximate surface area is 120 Å². The first kappa shape index (κ1) is 13.9. The first-order chi connectivity index (χ1) is 10.0. The predicted molar refractivity (Wildman–Crippen MR) is 71.6 cm³/mol. The zero-order chi connectivity index (χ0) is 14.9. The molecule has 1 aliphatic rings. The lowest BCUT2D eigenvalue weighted by Crippen LogP contribution is -2.09. The molecule has 0 saturated heterocycles. The topological polar surface area (TPSA) is 37.8 Å². The largest absolute Gasteiger partial charge is 0.416 e. The van der Waals surface area contributed by atoms with Crippen molar-refractivity contribution in [2.45, 2.75) is 31.5 Å². The summed E-state index contributed by atoms with van der Waals surface area (Å²) >= 11 is 0. The summed E-state index contributed by atoms with van der Waals surface area (Å²) < 4.78 is 38.8. The summed E-state index contributed by atoms with van der Waals surface area (Å²) in [5.74, 6) is 0.646. The number of hydrogen-bond donors (Lipinski definition) is 1. The summed E-state index contributed by atoms with van der Waals surface area (Å²) in [5, 5.41) is 2.92. The van der Waals surface area contributed by atoms with Crippen LogP contribution in [0.5, 0.6) is 0 Å². The standard InChI is InChI=1S/C15H13F3N3/c16-15(17,18)13-7-10(6-12(8-13)11-2-3-11)9-21-14-19-4-1-5-20-14/h4-8,11H,2-3,9H2,(H,19,20,21). The summed E-state index contributed by atoms with van der Waals surface area (Å²) in [4.78, 5) is 7.87. The van der Waals surface area contributed by atoms with Crippen LogP contribution in [0.15, 0.2) is 30.6 Å². The van der Waals surface area contributed by atoms with E-state index in [4.69, 9.17) is 0 Å². The molecule has 0 aliphatic heterocycles. The van der Waals surface area contributed by atoms with Gasteiger partial charge in [0.15, 0.2) is 0 Å². The molecule has 1 aliphatic carbocycles. The van der Waals surface area contributed by atoms with E-state index < -0.39 is 11.7 Å². The van der Waals surface area contributed by atoms with Crippen LogP contribution in [0.3, 0.4) is 0 Å². The van der Waals surface area contributed by atoms with Crippen molar-refractivity contribution >= 4 is 5.95 Å². The Hall–Kier alpha value is -2.11. The van der Waals surface area contributed by atoms with E-state index in [9.17, 15) is 13.2 Å². The van der Waals surface area contributed by atoms with E-state index in [2.05, 4.69) is 21.4 Å². The van der Waals surface area contributed by atoms with Crippen LogP contribution in [0.1, 0.15) is 35.4 Å². The number of nitrogens with zero attached hydrogens (tertiary/aromatic N) is 2. The van der Waals surface area contributed by atoms with Gasteiger partial charge in [0.1, 0.15) is 0 Å². The van der Waals surface area contributed by atoms with E-state index in [1.807, 2.05) is 6.07 Å². The van der Waals surface area contributed by atoms with Gasteiger partial charge in [-0.25, -0.2) is 9.97 Å². The predicted octanol–water partition coefficient (Wildman–Crippen LogP) is 3.79. The van der Waals surface area contributed by atoms with Crippen molar-refractivity contribution in [1.29, 1.82) is 0 Å². The second kappa shape index (κ2) is 5.35. The first-order valence-corrected chi connectivity index (χ1v) is 6.65. The van der Waals surface area contributed by atoms with Crippen LogP contribution in [0, 0.1) is 6.07 Å². The van der Waals surface area contributed by atoms with Gasteiger partial charge in [-0.2, -0.15) is 13.2 Å². The molecule has 21 heavy (non-hydrogen) atoms. The number of halogens is 3. The van der Waals surface area contributed by atoms with Gasteiger partial charge in [0.25, 0.3) is 0 Å². The summed E-state index contributed by atoms with van der Waals surface area (Å²) in [6, 6.07) is 6.94. The van der Waals surface area contributed by atoms with E-state index in [0.29, 0.717) is 11.5 Å². The number of alkyl halides is 3. The Morgan fingerprint density at radius 1 is 1.14 bits per heavy atom. The Kier molecular flexibility index (Phi) is 3.53. The van der Waals surface area contributed by atoms with Crippen LogP contribution in [0.4, 0.5) is 19.1 Å². The fourth-order valence-corrected chi connectivity index (χ4v) is 2.17. The molecule has 3 rings (SSSR count). The average molecular weight is 292 g/mol. The Morgan fingerprint density at radius 3 is 2.48 bits per heavy atom. The van der Waals surface area contributed by atoms with E-state index in [0.717, 1.165) is 18.4 Å². The van der Waals surface area contributed by atoms with Crippen molar-refractivity contribution in [3.63, 3.8) is 0 Å². The van der Waals surface area contributed by atoms with Gasteiger partial charge < -0.3 is 5.32 Å². The monoisotopic (exact) mass is 292 g/mol. The molecule has 1 aromatic heterocycles. The highest BCUT2D eigenvalue weighted by atomic mass is 19.4. The third-order valence-corrected chi connectivity index (χ3v) is 3.36. The molecule has 6 heteroatoms. The lowest BCUT2D eigenvalue weighted by atomic mass is 10.0. The quantitative estimate of drug-likeness (QED) is 0.931. The highest BCUT2D eigenvalue weighted by Crippen LogP contribution is 2.42. The first-order valence-electron chi connectivity index (χ1n) is 6.65. The minimum Gasteiger partial charge on any atom is -0.350 e. The molecule has 1 radical (unpaired) electrons. The Morgan fingerprint density at radius 2 is 1.86 bits per heavy atom. The second-order valence-corrected chi connectivity index (χ2v) is 5.10. The molecular formula is C15H13F3N3. The zero-order valence-corrected chi connectivity index (χ0v) is 11.1. The highest BCUT2D eigenvalue weighted by molar-refractivity contribution is 5.37. The fourth-order valence-electron chi connectivity index (χ4n) is 2.17. The normalized spacial score (nSPS) is 15.0. The van der Waals surface area contributed by atoms with E-state index in [1.54, 1.807) is 0 Å². The van der Waals surface area contributed by atoms with Crippen molar-refractivity contribution in [3.05, 3.63) is 53.3 Å². The maximum Gasteiger partial charge on any atom is 0.416 e. The van der Waals surface area contributed by atoms with Crippen LogP contribution in [0.25, 0.3) is 0 Å². The van der Waals surface area contributed by atoms with Crippen molar-refractivity contribution in [2.75, 3.05) is 5.32 Å². The maximum atomic E-state index is 12.9. The average Bonchev–Trinajstić information content (AvgIpc) is 3.30. The van der Waals surface area contributed by atoms with Gasteiger partial charge in [-0.05, 0) is 42.0 Å². The molecule has 0 amide bonds. The van der Waals surface area contributed by atoms with E-state index in [1.165, 1.54) is 24.5 Å². The molecule has 3 nitrogen and oxygen atoms in total. The summed E-state index contributed by atoms with van der Waals surface area (Å²) in [7, 11) is 0. The Bertz CT molecular complexity index is 622. The summed E-state index contributed by atoms with van der Waals surface area (Å²) in [5.41, 5.74) is 0.762. The second-order valence-electron chi connectivity index (χ2n) is 5.10. The van der Waals surface area contributed by atoms with Gasteiger partial charge in [-0.3, -0.25) is 0 Å². The molecular weight excluding hydrogens is 279 g/mol. The smallest absolute Gasteiger partial charge is 0.350 e. The van der Waals surface area contributed by atoms with E-state index in [-0.39, 0.29) is 12.5 Å². The maximum absolute atomic E-state index is 12.9. The van der Waals surface area contributed by atoms with Gasteiger partial charge in [-0.1, -0.05) is 6.07 Å². The third-order valence-electron chi connectivity index (χ3n) is 3.36. The molecule has 1 fully saturated rings. The lowest BCUT2D eigenvalue weighted by Gasteiger charge is -2.12. The van der Waals surface area contributed by atoms with Crippen LogP contribution < -0.4 is 5.32 Å².